The number of hydrogen-bond acceptors (Lipinski definition) is 4. The highest BCUT2D eigenvalue weighted by Gasteiger charge is 2.26. The van der Waals surface area contributed by atoms with Gasteiger partial charge in [0.05, 0.1) is 5.69 Å². The van der Waals surface area contributed by atoms with Crippen LogP contribution in [0, 0.1) is 0 Å². The predicted octanol–water partition coefficient (Wildman–Crippen LogP) is 0.887. The molecule has 0 aromatic heterocycles. The molecule has 0 saturated heterocycles. The SMILES string of the molecule is O=C1C=CC(=O)N1c1ccc2c(c1)OCCO2. The van der Waals surface area contributed by atoms with Crippen molar-refractivity contribution in [3.63, 3.8) is 0 Å². The third-order valence-corrected chi connectivity index (χ3v) is 2.59. The molecule has 2 heterocycles. The number of rotatable bonds is 1. The average Bonchev–Trinajstić information content (AvgIpc) is 2.68. The molecule has 1 aromatic rings. The number of nitrogens with zero attached hydrogens (tertiary/aromatic N) is 1. The van der Waals surface area contributed by atoms with Crippen LogP contribution in [0.3, 0.4) is 0 Å². The Hall–Kier alpha value is -2.30. The van der Waals surface area contributed by atoms with E-state index in [1.165, 1.54) is 12.2 Å². The summed E-state index contributed by atoms with van der Waals surface area (Å²) in [5.41, 5.74) is 0.495. The fourth-order valence-corrected chi connectivity index (χ4v) is 1.83. The summed E-state index contributed by atoms with van der Waals surface area (Å²) in [5.74, 6) is 0.506. The smallest absolute Gasteiger partial charge is 0.258 e. The van der Waals surface area contributed by atoms with Crippen molar-refractivity contribution in [1.82, 2.24) is 0 Å². The third kappa shape index (κ3) is 1.56. The predicted molar refractivity (Wildman–Crippen MR) is 59.1 cm³/mol. The molecule has 0 radical (unpaired) electrons. The van der Waals surface area contributed by atoms with Gasteiger partial charge in [0.15, 0.2) is 11.5 Å². The zero-order chi connectivity index (χ0) is 11.8. The lowest BCUT2D eigenvalue weighted by Gasteiger charge is -2.21. The number of benzene rings is 1. The lowest BCUT2D eigenvalue weighted by Crippen LogP contribution is -2.29. The van der Waals surface area contributed by atoms with Crippen LogP contribution in [0.15, 0.2) is 30.4 Å². The molecule has 0 atom stereocenters. The number of fused-ring (bicyclic) bond motifs is 1. The third-order valence-electron chi connectivity index (χ3n) is 2.59. The summed E-state index contributed by atoms with van der Waals surface area (Å²) in [7, 11) is 0. The Morgan fingerprint density at radius 2 is 1.59 bits per heavy atom. The van der Waals surface area contributed by atoms with Crippen LogP contribution in [0.5, 0.6) is 11.5 Å². The number of amides is 2. The Labute approximate surface area is 97.2 Å². The molecule has 2 amide bonds. The van der Waals surface area contributed by atoms with Crippen LogP contribution in [0.4, 0.5) is 5.69 Å². The van der Waals surface area contributed by atoms with E-state index in [-0.39, 0.29) is 11.8 Å². The second-order valence-corrected chi connectivity index (χ2v) is 3.67. The van der Waals surface area contributed by atoms with Crippen LogP contribution >= 0.6 is 0 Å². The molecule has 0 N–H and O–H groups in total. The Bertz CT molecular complexity index is 517. The van der Waals surface area contributed by atoms with Gasteiger partial charge in [-0.05, 0) is 12.1 Å². The number of imide groups is 1. The molecule has 5 heteroatoms. The van der Waals surface area contributed by atoms with E-state index in [1.807, 2.05) is 0 Å². The number of carbonyl (C=O) groups is 2. The van der Waals surface area contributed by atoms with Crippen LogP contribution in [-0.2, 0) is 9.59 Å². The van der Waals surface area contributed by atoms with E-state index in [0.717, 1.165) is 4.90 Å². The number of ether oxygens (including phenoxy) is 2. The Morgan fingerprint density at radius 1 is 0.941 bits per heavy atom. The maximum Gasteiger partial charge on any atom is 0.258 e. The van der Waals surface area contributed by atoms with Crippen molar-refractivity contribution in [2.45, 2.75) is 0 Å². The second kappa shape index (κ2) is 3.62. The quantitative estimate of drug-likeness (QED) is 0.673. The lowest BCUT2D eigenvalue weighted by atomic mass is 10.2. The van der Waals surface area contributed by atoms with Crippen molar-refractivity contribution < 1.29 is 19.1 Å². The fourth-order valence-electron chi connectivity index (χ4n) is 1.83. The van der Waals surface area contributed by atoms with Gasteiger partial charge >= 0.3 is 0 Å². The minimum Gasteiger partial charge on any atom is -0.486 e. The molecule has 0 spiro atoms. The molecule has 0 aliphatic carbocycles. The summed E-state index contributed by atoms with van der Waals surface area (Å²) in [5, 5.41) is 0. The zero-order valence-corrected chi connectivity index (χ0v) is 8.88. The van der Waals surface area contributed by atoms with Crippen molar-refractivity contribution in [1.29, 1.82) is 0 Å². The molecule has 3 rings (SSSR count). The van der Waals surface area contributed by atoms with Gasteiger partial charge in [-0.1, -0.05) is 0 Å². The Morgan fingerprint density at radius 3 is 2.29 bits per heavy atom. The van der Waals surface area contributed by atoms with Crippen LogP contribution in [0.25, 0.3) is 0 Å². The maximum absolute atomic E-state index is 11.5. The highest BCUT2D eigenvalue weighted by Crippen LogP contribution is 2.34. The van der Waals surface area contributed by atoms with Crippen molar-refractivity contribution in [2.24, 2.45) is 0 Å². The molecular weight excluding hydrogens is 222 g/mol. The first-order chi connectivity index (χ1) is 8.25. The summed E-state index contributed by atoms with van der Waals surface area (Å²) < 4.78 is 10.8. The van der Waals surface area contributed by atoms with Crippen LogP contribution in [-0.4, -0.2) is 25.0 Å². The van der Waals surface area contributed by atoms with Crippen molar-refractivity contribution in [3.05, 3.63) is 30.4 Å². The minimum atomic E-state index is -0.341. The van der Waals surface area contributed by atoms with Crippen LogP contribution in [0.1, 0.15) is 0 Å². The average molecular weight is 231 g/mol. The molecular formula is C12H9NO4. The van der Waals surface area contributed by atoms with Gasteiger partial charge in [-0.25, -0.2) is 4.90 Å². The Balaban J connectivity index is 1.99. The molecule has 86 valence electrons. The normalized spacial score (nSPS) is 17.8. The second-order valence-electron chi connectivity index (χ2n) is 3.67. The van der Waals surface area contributed by atoms with Gasteiger partial charge in [0.1, 0.15) is 13.2 Å². The first-order valence-electron chi connectivity index (χ1n) is 5.21. The van der Waals surface area contributed by atoms with Gasteiger partial charge in [-0.3, -0.25) is 9.59 Å². The van der Waals surface area contributed by atoms with Gasteiger partial charge in [0.2, 0.25) is 0 Å². The first kappa shape index (κ1) is 9.89. The van der Waals surface area contributed by atoms with Gasteiger partial charge < -0.3 is 9.47 Å². The van der Waals surface area contributed by atoms with E-state index in [0.29, 0.717) is 30.4 Å². The molecule has 0 saturated carbocycles. The molecule has 0 bridgehead atoms. The van der Waals surface area contributed by atoms with Crippen molar-refractivity contribution in [3.8, 4) is 11.5 Å². The van der Waals surface area contributed by atoms with Crippen LogP contribution in [0.2, 0.25) is 0 Å². The van der Waals surface area contributed by atoms with Crippen molar-refractivity contribution in [2.75, 3.05) is 18.1 Å². The highest BCUT2D eigenvalue weighted by molar-refractivity contribution is 6.28. The van der Waals surface area contributed by atoms with Gasteiger partial charge in [0.25, 0.3) is 11.8 Å². The molecule has 2 aliphatic heterocycles. The molecule has 2 aliphatic rings. The largest absolute Gasteiger partial charge is 0.486 e. The number of carbonyl (C=O) groups excluding carboxylic acids is 2. The molecule has 1 aromatic carbocycles. The number of anilines is 1. The number of hydrogen-bond donors (Lipinski definition) is 0. The minimum absolute atomic E-state index is 0.341. The summed E-state index contributed by atoms with van der Waals surface area (Å²) in [4.78, 5) is 24.1. The van der Waals surface area contributed by atoms with Gasteiger partial charge in [-0.2, -0.15) is 0 Å². The summed E-state index contributed by atoms with van der Waals surface area (Å²) in [6, 6.07) is 5.00. The van der Waals surface area contributed by atoms with E-state index in [2.05, 4.69) is 0 Å². The van der Waals surface area contributed by atoms with Gasteiger partial charge in [0, 0.05) is 18.2 Å². The zero-order valence-electron chi connectivity index (χ0n) is 8.88. The van der Waals surface area contributed by atoms with E-state index in [9.17, 15) is 9.59 Å². The molecule has 5 nitrogen and oxygen atoms in total. The Kier molecular flexibility index (Phi) is 2.11. The molecule has 0 fully saturated rings. The lowest BCUT2D eigenvalue weighted by molar-refractivity contribution is -0.119. The summed E-state index contributed by atoms with van der Waals surface area (Å²) in [6.45, 7) is 0.978. The van der Waals surface area contributed by atoms with Crippen molar-refractivity contribution >= 4 is 17.5 Å². The monoisotopic (exact) mass is 231 g/mol. The van der Waals surface area contributed by atoms with E-state index >= 15 is 0 Å². The summed E-state index contributed by atoms with van der Waals surface area (Å²) in [6.07, 6.45) is 2.50. The molecule has 0 unspecified atom stereocenters. The standard InChI is InChI=1S/C12H9NO4/c14-11-3-4-12(15)13(11)8-1-2-9-10(7-8)17-6-5-16-9/h1-4,7H,5-6H2. The molecule has 17 heavy (non-hydrogen) atoms. The van der Waals surface area contributed by atoms with Crippen LogP contribution < -0.4 is 14.4 Å². The maximum atomic E-state index is 11.5. The highest BCUT2D eigenvalue weighted by atomic mass is 16.6. The van der Waals surface area contributed by atoms with E-state index in [1.54, 1.807) is 18.2 Å². The first-order valence-corrected chi connectivity index (χ1v) is 5.21. The van der Waals surface area contributed by atoms with Gasteiger partial charge in [-0.15, -0.1) is 0 Å². The summed E-state index contributed by atoms with van der Waals surface area (Å²) >= 11 is 0. The fraction of sp³-hybridized carbons (Fsp3) is 0.167. The topological polar surface area (TPSA) is 55.8 Å². The van der Waals surface area contributed by atoms with E-state index < -0.39 is 0 Å². The van der Waals surface area contributed by atoms with E-state index in [4.69, 9.17) is 9.47 Å².